The van der Waals surface area contributed by atoms with Crippen molar-refractivity contribution in [2.24, 2.45) is 0 Å². The zero-order chi connectivity index (χ0) is 14.8. The molecule has 7 heteroatoms. The van der Waals surface area contributed by atoms with E-state index in [2.05, 4.69) is 0 Å². The van der Waals surface area contributed by atoms with Crippen molar-refractivity contribution in [1.29, 1.82) is 0 Å². The number of nitrogens with zero attached hydrogens (tertiary/aromatic N) is 1. The van der Waals surface area contributed by atoms with Gasteiger partial charge in [-0.2, -0.15) is 4.31 Å². The van der Waals surface area contributed by atoms with Crippen LogP contribution in [0.5, 0.6) is 0 Å². The highest BCUT2D eigenvalue weighted by Gasteiger charge is 2.30. The number of rotatable bonds is 4. The van der Waals surface area contributed by atoms with Gasteiger partial charge in [0.15, 0.2) is 0 Å². The summed E-state index contributed by atoms with van der Waals surface area (Å²) in [6, 6.07) is 4.79. The Morgan fingerprint density at radius 2 is 2.00 bits per heavy atom. The summed E-state index contributed by atoms with van der Waals surface area (Å²) in [5.74, 6) is 0.251. The predicted molar refractivity (Wildman–Crippen MR) is 79.8 cm³/mol. The zero-order valence-electron chi connectivity index (χ0n) is 11.2. The van der Waals surface area contributed by atoms with Gasteiger partial charge in [-0.05, 0) is 30.5 Å². The number of hydrogen-bond acceptors (Lipinski definition) is 3. The first-order chi connectivity index (χ1) is 9.46. The normalized spacial score (nSPS) is 17.6. The molecule has 1 aromatic carbocycles. The molecule has 0 spiro atoms. The second-order valence-corrected chi connectivity index (χ2v) is 7.40. The average molecular weight is 338 g/mol. The van der Waals surface area contributed by atoms with Gasteiger partial charge in [0.05, 0.1) is 5.02 Å². The van der Waals surface area contributed by atoms with Crippen LogP contribution in [-0.2, 0) is 20.6 Å². The lowest BCUT2D eigenvalue weighted by Crippen LogP contribution is -2.40. The topological polar surface area (TPSA) is 46.6 Å². The van der Waals surface area contributed by atoms with Crippen LogP contribution in [0, 0.1) is 0 Å². The highest BCUT2D eigenvalue weighted by atomic mass is 35.5. The van der Waals surface area contributed by atoms with Crippen molar-refractivity contribution in [3.63, 3.8) is 0 Å². The molecule has 1 saturated heterocycles. The maximum Gasteiger partial charge on any atom is 0.244 e. The van der Waals surface area contributed by atoms with E-state index in [0.717, 1.165) is 5.56 Å². The van der Waals surface area contributed by atoms with Crippen LogP contribution in [-0.4, -0.2) is 39.0 Å². The number of benzene rings is 1. The largest absolute Gasteiger partial charge is 0.381 e. The minimum absolute atomic E-state index is 0.0514. The van der Waals surface area contributed by atoms with Crippen LogP contribution in [0.4, 0.5) is 0 Å². The van der Waals surface area contributed by atoms with Crippen LogP contribution in [0.15, 0.2) is 23.1 Å². The van der Waals surface area contributed by atoms with Crippen LogP contribution >= 0.6 is 23.2 Å². The lowest BCUT2D eigenvalue weighted by atomic mass is 10.1. The summed E-state index contributed by atoms with van der Waals surface area (Å²) in [4.78, 5) is 0.117. The molecule has 0 aliphatic carbocycles. The summed E-state index contributed by atoms with van der Waals surface area (Å²) in [5, 5.41) is 0.220. The number of hydrogen-bond donors (Lipinski definition) is 0. The molecule has 112 valence electrons. The molecule has 2 rings (SSSR count). The fourth-order valence-corrected chi connectivity index (χ4v) is 4.33. The first kappa shape index (κ1) is 16.0. The van der Waals surface area contributed by atoms with Gasteiger partial charge in [0.1, 0.15) is 4.90 Å². The van der Waals surface area contributed by atoms with E-state index in [-0.39, 0.29) is 21.8 Å². The Hall–Kier alpha value is -0.330. The maximum absolute atomic E-state index is 12.7. The van der Waals surface area contributed by atoms with Crippen molar-refractivity contribution in [2.75, 3.05) is 20.3 Å². The molecule has 20 heavy (non-hydrogen) atoms. The molecule has 0 amide bonds. The first-order valence-corrected chi connectivity index (χ1v) is 8.72. The van der Waals surface area contributed by atoms with Gasteiger partial charge in [0.2, 0.25) is 10.0 Å². The van der Waals surface area contributed by atoms with Gasteiger partial charge in [-0.1, -0.05) is 17.7 Å². The van der Waals surface area contributed by atoms with E-state index in [1.165, 1.54) is 4.31 Å². The average Bonchev–Trinajstić information content (AvgIpc) is 2.47. The molecule has 0 aromatic heterocycles. The van der Waals surface area contributed by atoms with Gasteiger partial charge >= 0.3 is 0 Å². The highest BCUT2D eigenvalue weighted by molar-refractivity contribution is 7.89. The Morgan fingerprint density at radius 3 is 2.60 bits per heavy atom. The molecule has 1 aromatic rings. The van der Waals surface area contributed by atoms with E-state index in [0.29, 0.717) is 26.1 Å². The van der Waals surface area contributed by atoms with Crippen molar-refractivity contribution >= 4 is 33.2 Å². The number of alkyl halides is 1. The summed E-state index contributed by atoms with van der Waals surface area (Å²) in [7, 11) is -2.02. The van der Waals surface area contributed by atoms with Crippen LogP contribution in [0.3, 0.4) is 0 Å². The van der Waals surface area contributed by atoms with E-state index in [1.807, 2.05) is 0 Å². The molecule has 0 saturated carbocycles. The third-order valence-electron chi connectivity index (χ3n) is 3.51. The van der Waals surface area contributed by atoms with Crippen molar-refractivity contribution in [2.45, 2.75) is 29.7 Å². The smallest absolute Gasteiger partial charge is 0.244 e. The molecule has 1 aliphatic rings. The van der Waals surface area contributed by atoms with E-state index in [4.69, 9.17) is 27.9 Å². The monoisotopic (exact) mass is 337 g/mol. The minimum Gasteiger partial charge on any atom is -0.381 e. The second kappa shape index (κ2) is 6.62. The Labute approximate surface area is 129 Å². The quantitative estimate of drug-likeness (QED) is 0.793. The molecule has 4 nitrogen and oxygen atoms in total. The Kier molecular flexibility index (Phi) is 5.31. The highest BCUT2D eigenvalue weighted by Crippen LogP contribution is 2.28. The summed E-state index contributed by atoms with van der Waals surface area (Å²) in [5.41, 5.74) is 0.731. The lowest BCUT2D eigenvalue weighted by molar-refractivity contribution is 0.0632. The van der Waals surface area contributed by atoms with Crippen molar-refractivity contribution in [3.05, 3.63) is 28.8 Å². The summed E-state index contributed by atoms with van der Waals surface area (Å²) >= 11 is 11.8. The third kappa shape index (κ3) is 3.28. The Morgan fingerprint density at radius 1 is 1.35 bits per heavy atom. The maximum atomic E-state index is 12.7. The van der Waals surface area contributed by atoms with E-state index in [1.54, 1.807) is 25.2 Å². The number of sulfonamides is 1. The van der Waals surface area contributed by atoms with Crippen molar-refractivity contribution in [1.82, 2.24) is 4.31 Å². The van der Waals surface area contributed by atoms with Gasteiger partial charge in [-0.15, -0.1) is 11.6 Å². The summed E-state index contributed by atoms with van der Waals surface area (Å²) in [6.45, 7) is 1.17. The molecule has 1 fully saturated rings. The Bertz CT molecular complexity index is 571. The molecule has 0 unspecified atom stereocenters. The first-order valence-electron chi connectivity index (χ1n) is 6.37. The molecular formula is C13H17Cl2NO3S. The van der Waals surface area contributed by atoms with E-state index in [9.17, 15) is 8.42 Å². The van der Waals surface area contributed by atoms with Crippen molar-refractivity contribution < 1.29 is 13.2 Å². The minimum atomic E-state index is -3.61. The zero-order valence-corrected chi connectivity index (χ0v) is 13.5. The molecule has 0 N–H and O–H groups in total. The molecule has 1 heterocycles. The fraction of sp³-hybridized carbons (Fsp3) is 0.538. The summed E-state index contributed by atoms with van der Waals surface area (Å²) < 4.78 is 32.0. The van der Waals surface area contributed by atoms with Crippen LogP contribution in [0.25, 0.3) is 0 Å². The van der Waals surface area contributed by atoms with E-state index >= 15 is 0 Å². The molecule has 0 bridgehead atoms. The van der Waals surface area contributed by atoms with Crippen LogP contribution < -0.4 is 0 Å². The number of ether oxygens (including phenoxy) is 1. The van der Waals surface area contributed by atoms with Crippen LogP contribution in [0.2, 0.25) is 5.02 Å². The van der Waals surface area contributed by atoms with Gasteiger partial charge in [0, 0.05) is 32.2 Å². The van der Waals surface area contributed by atoms with Crippen LogP contribution in [0.1, 0.15) is 18.4 Å². The Balaban J connectivity index is 2.33. The summed E-state index contributed by atoms with van der Waals surface area (Å²) in [6.07, 6.45) is 1.39. The standard InChI is InChI=1S/C13H17Cl2NO3S/c1-16(11-4-6-19-7-5-11)20(17,18)13-8-10(9-14)2-3-12(13)15/h2-3,8,11H,4-7,9H2,1H3. The van der Waals surface area contributed by atoms with Gasteiger partial charge in [0.25, 0.3) is 0 Å². The second-order valence-electron chi connectivity index (χ2n) is 4.76. The fourth-order valence-electron chi connectivity index (χ4n) is 2.23. The van der Waals surface area contributed by atoms with Gasteiger partial charge < -0.3 is 4.74 Å². The van der Waals surface area contributed by atoms with E-state index < -0.39 is 10.0 Å². The van der Waals surface area contributed by atoms with Crippen molar-refractivity contribution in [3.8, 4) is 0 Å². The van der Waals surface area contributed by atoms with Gasteiger partial charge in [-0.25, -0.2) is 8.42 Å². The molecule has 1 aliphatic heterocycles. The molecular weight excluding hydrogens is 321 g/mol. The SMILES string of the molecule is CN(C1CCOCC1)S(=O)(=O)c1cc(CCl)ccc1Cl. The molecule has 0 atom stereocenters. The lowest BCUT2D eigenvalue weighted by Gasteiger charge is -2.30. The molecule has 0 radical (unpaired) electrons. The van der Waals surface area contributed by atoms with Gasteiger partial charge in [-0.3, -0.25) is 0 Å². The number of halogens is 2. The predicted octanol–water partition coefficient (Wildman–Crippen LogP) is 2.88. The third-order valence-corrected chi connectivity index (χ3v) is 6.21.